The van der Waals surface area contributed by atoms with Crippen LogP contribution in [-0.2, 0) is 6.42 Å². The summed E-state index contributed by atoms with van der Waals surface area (Å²) in [5.74, 6) is 1.11. The molecule has 0 aliphatic rings. The molecule has 1 aromatic carbocycles. The lowest BCUT2D eigenvalue weighted by Gasteiger charge is -2.20. The van der Waals surface area contributed by atoms with Gasteiger partial charge in [-0.15, -0.1) is 0 Å². The van der Waals surface area contributed by atoms with Gasteiger partial charge in [0.15, 0.2) is 5.82 Å². The summed E-state index contributed by atoms with van der Waals surface area (Å²) < 4.78 is 5.28. The molecule has 2 rings (SSSR count). The van der Waals surface area contributed by atoms with Gasteiger partial charge in [-0.1, -0.05) is 42.7 Å². The molecular weight excluding hydrogens is 288 g/mol. The summed E-state index contributed by atoms with van der Waals surface area (Å²) in [6.07, 6.45) is 0.561. The van der Waals surface area contributed by atoms with Gasteiger partial charge in [-0.25, -0.2) is 0 Å². The summed E-state index contributed by atoms with van der Waals surface area (Å²) in [4.78, 5) is 6.62. The number of aromatic nitrogens is 2. The van der Waals surface area contributed by atoms with E-state index in [2.05, 4.69) is 28.9 Å². The number of halogens is 1. The normalized spacial score (nSPS) is 12.8. The van der Waals surface area contributed by atoms with Crippen LogP contribution in [0.25, 0.3) is 0 Å². The van der Waals surface area contributed by atoms with Crippen LogP contribution in [0.2, 0.25) is 5.02 Å². The maximum absolute atomic E-state index is 6.13. The second kappa shape index (κ2) is 7.54. The van der Waals surface area contributed by atoms with Crippen LogP contribution in [0, 0.1) is 0 Å². The zero-order valence-corrected chi connectivity index (χ0v) is 13.2. The SMILES string of the molecule is CCN(CC)CC(N)c1noc(Cc2cccc(Cl)c2)n1. The van der Waals surface area contributed by atoms with Crippen molar-refractivity contribution in [3.05, 3.63) is 46.6 Å². The minimum absolute atomic E-state index is 0.234. The molecule has 0 bridgehead atoms. The van der Waals surface area contributed by atoms with Crippen molar-refractivity contribution in [3.63, 3.8) is 0 Å². The van der Waals surface area contributed by atoms with E-state index in [0.29, 0.717) is 23.2 Å². The molecule has 0 aliphatic heterocycles. The summed E-state index contributed by atoms with van der Waals surface area (Å²) in [6, 6.07) is 7.37. The first-order valence-corrected chi connectivity index (χ1v) is 7.55. The lowest BCUT2D eigenvalue weighted by Crippen LogP contribution is -2.32. The van der Waals surface area contributed by atoms with Gasteiger partial charge < -0.3 is 15.2 Å². The summed E-state index contributed by atoms with van der Waals surface area (Å²) in [7, 11) is 0. The maximum Gasteiger partial charge on any atom is 0.231 e. The maximum atomic E-state index is 6.13. The predicted molar refractivity (Wildman–Crippen MR) is 83.3 cm³/mol. The number of rotatable bonds is 7. The van der Waals surface area contributed by atoms with E-state index in [-0.39, 0.29) is 6.04 Å². The summed E-state index contributed by atoms with van der Waals surface area (Å²) in [5.41, 5.74) is 7.17. The zero-order chi connectivity index (χ0) is 15.2. The van der Waals surface area contributed by atoms with Crippen LogP contribution in [0.15, 0.2) is 28.8 Å². The van der Waals surface area contributed by atoms with Crippen molar-refractivity contribution in [2.45, 2.75) is 26.3 Å². The monoisotopic (exact) mass is 308 g/mol. The van der Waals surface area contributed by atoms with Crippen LogP contribution in [0.1, 0.15) is 37.2 Å². The molecule has 6 heteroatoms. The molecule has 1 unspecified atom stereocenters. The molecular formula is C15H21ClN4O. The van der Waals surface area contributed by atoms with Gasteiger partial charge in [-0.2, -0.15) is 4.98 Å². The Bertz CT molecular complexity index is 568. The van der Waals surface area contributed by atoms with Crippen LogP contribution >= 0.6 is 11.6 Å². The second-order valence-electron chi connectivity index (χ2n) is 4.95. The largest absolute Gasteiger partial charge is 0.339 e. The molecule has 0 spiro atoms. The molecule has 0 saturated carbocycles. The first-order chi connectivity index (χ1) is 10.1. The minimum atomic E-state index is -0.234. The van der Waals surface area contributed by atoms with E-state index in [1.807, 2.05) is 24.3 Å². The highest BCUT2D eigenvalue weighted by molar-refractivity contribution is 6.30. The molecule has 1 atom stereocenters. The Hall–Kier alpha value is -1.43. The molecule has 2 N–H and O–H groups in total. The van der Waals surface area contributed by atoms with E-state index >= 15 is 0 Å². The van der Waals surface area contributed by atoms with Crippen LogP contribution in [-0.4, -0.2) is 34.7 Å². The van der Waals surface area contributed by atoms with Crippen molar-refractivity contribution in [2.24, 2.45) is 5.73 Å². The van der Waals surface area contributed by atoms with E-state index in [1.165, 1.54) is 0 Å². The number of nitrogens with zero attached hydrogens (tertiary/aromatic N) is 3. The van der Waals surface area contributed by atoms with Gasteiger partial charge >= 0.3 is 0 Å². The van der Waals surface area contributed by atoms with Crippen molar-refractivity contribution in [3.8, 4) is 0 Å². The highest BCUT2D eigenvalue weighted by atomic mass is 35.5. The lowest BCUT2D eigenvalue weighted by molar-refractivity contribution is 0.277. The molecule has 0 radical (unpaired) electrons. The first-order valence-electron chi connectivity index (χ1n) is 7.17. The molecule has 1 aromatic heterocycles. The van der Waals surface area contributed by atoms with Gasteiger partial charge in [-0.3, -0.25) is 0 Å². The predicted octanol–water partition coefficient (Wildman–Crippen LogP) is 2.66. The Balaban J connectivity index is 2.00. The van der Waals surface area contributed by atoms with Gasteiger partial charge in [0.2, 0.25) is 5.89 Å². The Morgan fingerprint density at radius 2 is 2.10 bits per heavy atom. The third kappa shape index (κ3) is 4.52. The van der Waals surface area contributed by atoms with E-state index in [9.17, 15) is 0 Å². The summed E-state index contributed by atoms with van der Waals surface area (Å²) in [5, 5.41) is 4.69. The molecule has 21 heavy (non-hydrogen) atoms. The van der Waals surface area contributed by atoms with E-state index < -0.39 is 0 Å². The van der Waals surface area contributed by atoms with Crippen LogP contribution in [0.3, 0.4) is 0 Å². The Morgan fingerprint density at radius 3 is 2.76 bits per heavy atom. The molecule has 2 aromatic rings. The molecule has 5 nitrogen and oxygen atoms in total. The van der Waals surface area contributed by atoms with Gasteiger partial charge in [-0.05, 0) is 30.8 Å². The first kappa shape index (κ1) is 15.9. The Morgan fingerprint density at radius 1 is 1.33 bits per heavy atom. The standard InChI is InChI=1S/C15H21ClN4O/c1-3-20(4-2)10-13(17)15-18-14(21-19-15)9-11-6-5-7-12(16)8-11/h5-8,13H,3-4,9-10,17H2,1-2H3. The van der Waals surface area contributed by atoms with E-state index in [1.54, 1.807) is 0 Å². The van der Waals surface area contributed by atoms with Crippen molar-refractivity contribution in [1.29, 1.82) is 0 Å². The van der Waals surface area contributed by atoms with Gasteiger partial charge in [0.1, 0.15) is 0 Å². The fourth-order valence-corrected chi connectivity index (χ4v) is 2.37. The quantitative estimate of drug-likeness (QED) is 0.851. The molecule has 114 valence electrons. The zero-order valence-electron chi connectivity index (χ0n) is 12.4. The molecule has 0 amide bonds. The van der Waals surface area contributed by atoms with Gasteiger partial charge in [0, 0.05) is 11.6 Å². The summed E-state index contributed by atoms with van der Waals surface area (Å²) in [6.45, 7) is 6.85. The van der Waals surface area contributed by atoms with E-state index in [4.69, 9.17) is 21.9 Å². The summed E-state index contributed by atoms with van der Waals surface area (Å²) >= 11 is 5.96. The van der Waals surface area contributed by atoms with Crippen LogP contribution in [0.4, 0.5) is 0 Å². The van der Waals surface area contributed by atoms with Crippen molar-refractivity contribution >= 4 is 11.6 Å². The lowest BCUT2D eigenvalue weighted by atomic mass is 10.1. The topological polar surface area (TPSA) is 68.2 Å². The Kier molecular flexibility index (Phi) is 5.73. The third-order valence-electron chi connectivity index (χ3n) is 3.41. The van der Waals surface area contributed by atoms with Crippen molar-refractivity contribution < 1.29 is 4.52 Å². The van der Waals surface area contributed by atoms with Crippen molar-refractivity contribution in [2.75, 3.05) is 19.6 Å². The number of benzene rings is 1. The third-order valence-corrected chi connectivity index (χ3v) is 3.64. The fourth-order valence-electron chi connectivity index (χ4n) is 2.15. The minimum Gasteiger partial charge on any atom is -0.339 e. The number of hydrogen-bond acceptors (Lipinski definition) is 5. The van der Waals surface area contributed by atoms with Crippen LogP contribution in [0.5, 0.6) is 0 Å². The van der Waals surface area contributed by atoms with Gasteiger partial charge in [0.05, 0.1) is 12.5 Å². The second-order valence-corrected chi connectivity index (χ2v) is 5.38. The van der Waals surface area contributed by atoms with E-state index in [0.717, 1.165) is 25.2 Å². The molecule has 0 aliphatic carbocycles. The highest BCUT2D eigenvalue weighted by Crippen LogP contribution is 2.15. The number of nitrogens with two attached hydrogens (primary N) is 1. The van der Waals surface area contributed by atoms with Gasteiger partial charge in [0.25, 0.3) is 0 Å². The molecule has 1 heterocycles. The fraction of sp³-hybridized carbons (Fsp3) is 0.467. The molecule has 0 saturated heterocycles. The highest BCUT2D eigenvalue weighted by Gasteiger charge is 2.16. The van der Waals surface area contributed by atoms with Crippen molar-refractivity contribution in [1.82, 2.24) is 15.0 Å². The Labute approximate surface area is 130 Å². The smallest absolute Gasteiger partial charge is 0.231 e. The molecule has 0 fully saturated rings. The number of likely N-dealkylation sites (N-methyl/N-ethyl adjacent to an activating group) is 1. The number of hydrogen-bond donors (Lipinski definition) is 1. The average Bonchev–Trinajstić information content (AvgIpc) is 2.93. The average molecular weight is 309 g/mol. The van der Waals surface area contributed by atoms with Crippen LogP contribution < -0.4 is 5.73 Å².